The van der Waals surface area contributed by atoms with Gasteiger partial charge in [-0.25, -0.2) is 9.48 Å². The Labute approximate surface area is 202 Å². The summed E-state index contributed by atoms with van der Waals surface area (Å²) in [5.74, 6) is -0.993. The van der Waals surface area contributed by atoms with Crippen molar-refractivity contribution in [3.05, 3.63) is 63.0 Å². The van der Waals surface area contributed by atoms with Gasteiger partial charge in [-0.05, 0) is 38.5 Å². The first-order valence-electron chi connectivity index (χ1n) is 9.93. The number of aryl methyl sites for hydroxylation is 1. The molecule has 0 saturated heterocycles. The minimum atomic E-state index is -0.522. The molecular weight excluding hydrogens is 484 g/mol. The number of halogens is 1. The molecule has 3 heterocycles. The fraction of sp³-hybridized carbons (Fsp3) is 0.238. The summed E-state index contributed by atoms with van der Waals surface area (Å²) in [6.45, 7) is 5.92. The number of nitrogens with one attached hydrogen (secondary N) is 1. The number of rotatable bonds is 7. The highest BCUT2D eigenvalue weighted by atomic mass is 35.5. The predicted molar refractivity (Wildman–Crippen MR) is 127 cm³/mol. The highest BCUT2D eigenvalue weighted by molar-refractivity contribution is 7.15. The molecule has 0 radical (unpaired) electrons. The Balaban J connectivity index is 1.62. The zero-order valence-corrected chi connectivity index (χ0v) is 20.3. The Bertz CT molecular complexity index is 1310. The van der Waals surface area contributed by atoms with Gasteiger partial charge in [-0.1, -0.05) is 28.9 Å². The molecule has 9 nitrogen and oxygen atoms in total. The van der Waals surface area contributed by atoms with Gasteiger partial charge in [-0.15, -0.1) is 16.4 Å². The molecule has 0 unspecified atom stereocenters. The molecule has 0 aliphatic rings. The van der Waals surface area contributed by atoms with E-state index in [2.05, 4.69) is 24.4 Å². The third-order valence-corrected chi connectivity index (χ3v) is 6.70. The topological polar surface area (TPSA) is 112 Å². The molecule has 1 amide bonds. The Morgan fingerprint density at radius 1 is 1.18 bits per heavy atom. The van der Waals surface area contributed by atoms with Crippen molar-refractivity contribution in [3.63, 3.8) is 0 Å². The lowest BCUT2D eigenvalue weighted by molar-refractivity contribution is 0.0529. The van der Waals surface area contributed by atoms with E-state index < -0.39 is 11.9 Å². The van der Waals surface area contributed by atoms with Gasteiger partial charge in [0.1, 0.15) is 10.6 Å². The molecule has 0 aliphatic carbocycles. The van der Waals surface area contributed by atoms with Crippen molar-refractivity contribution in [2.75, 3.05) is 11.9 Å². The Kier molecular flexibility index (Phi) is 6.82. The van der Waals surface area contributed by atoms with Crippen LogP contribution in [-0.4, -0.2) is 42.2 Å². The van der Waals surface area contributed by atoms with E-state index in [1.807, 2.05) is 19.1 Å². The minimum absolute atomic E-state index is 0.159. The number of amides is 1. The molecule has 3 aromatic heterocycles. The van der Waals surface area contributed by atoms with Gasteiger partial charge >= 0.3 is 5.97 Å². The van der Waals surface area contributed by atoms with Gasteiger partial charge in [0.2, 0.25) is 0 Å². The lowest BCUT2D eigenvalue weighted by Gasteiger charge is -2.08. The third-order valence-electron chi connectivity index (χ3n) is 4.90. The fourth-order valence-electron chi connectivity index (χ4n) is 3.12. The molecule has 1 aromatic carbocycles. The summed E-state index contributed by atoms with van der Waals surface area (Å²) in [6.07, 6.45) is 0. The molecule has 170 valence electrons. The lowest BCUT2D eigenvalue weighted by atomic mass is 10.0. The monoisotopic (exact) mass is 502 g/mol. The number of thiophene rings is 1. The highest BCUT2D eigenvalue weighted by Crippen LogP contribution is 2.37. The first-order valence-corrected chi connectivity index (χ1v) is 11.9. The van der Waals surface area contributed by atoms with E-state index >= 15 is 0 Å². The summed E-state index contributed by atoms with van der Waals surface area (Å²) in [6, 6.07) is 7.10. The normalized spacial score (nSPS) is 10.9. The number of esters is 1. The molecule has 0 spiro atoms. The summed E-state index contributed by atoms with van der Waals surface area (Å²) in [5.41, 5.74) is 4.04. The fourth-order valence-corrected chi connectivity index (χ4v) is 4.75. The van der Waals surface area contributed by atoms with E-state index in [0.29, 0.717) is 27.8 Å². The number of carbonyl (C=O) groups excluding carboxylic acids is 2. The van der Waals surface area contributed by atoms with Crippen molar-refractivity contribution in [1.82, 2.24) is 23.7 Å². The second kappa shape index (κ2) is 9.77. The van der Waals surface area contributed by atoms with Gasteiger partial charge in [-0.3, -0.25) is 4.79 Å². The number of aromatic nitrogens is 5. The summed E-state index contributed by atoms with van der Waals surface area (Å²) in [5, 5.41) is 13.7. The van der Waals surface area contributed by atoms with Gasteiger partial charge in [0, 0.05) is 16.0 Å². The van der Waals surface area contributed by atoms with Crippen molar-refractivity contribution >= 4 is 51.5 Å². The van der Waals surface area contributed by atoms with Crippen molar-refractivity contribution in [3.8, 4) is 11.1 Å². The van der Waals surface area contributed by atoms with E-state index in [0.717, 1.165) is 28.7 Å². The molecule has 12 heteroatoms. The average Bonchev–Trinajstić information content (AvgIpc) is 3.49. The molecular formula is C21H19ClN6O3S2. The van der Waals surface area contributed by atoms with E-state index in [1.165, 1.54) is 11.3 Å². The van der Waals surface area contributed by atoms with Crippen molar-refractivity contribution in [2.45, 2.75) is 27.3 Å². The standard InChI is InChI=1S/C21H19ClN6O3S2/c1-4-31-21(30)17-15(13-5-7-14(22)8-6-13)10-32-20(17)23-19(29)18-12(3)28(27-24-18)9-16-11(2)25-33-26-16/h5-8,10H,4,9H2,1-3H3,(H,23,29). The van der Waals surface area contributed by atoms with Crippen LogP contribution < -0.4 is 5.32 Å². The second-order valence-corrected chi connectivity index (χ2v) is 8.86. The van der Waals surface area contributed by atoms with Gasteiger partial charge in [0.15, 0.2) is 5.69 Å². The molecule has 4 rings (SSSR count). The Morgan fingerprint density at radius 2 is 1.94 bits per heavy atom. The van der Waals surface area contributed by atoms with Crippen LogP contribution in [0.2, 0.25) is 5.02 Å². The van der Waals surface area contributed by atoms with Crippen LogP contribution in [0, 0.1) is 13.8 Å². The number of benzene rings is 1. The van der Waals surface area contributed by atoms with Gasteiger partial charge in [-0.2, -0.15) is 8.75 Å². The average molecular weight is 503 g/mol. The Hall–Kier alpha value is -3.15. The molecule has 0 saturated carbocycles. The number of carbonyl (C=O) groups is 2. The predicted octanol–water partition coefficient (Wildman–Crippen LogP) is 4.61. The zero-order chi connectivity index (χ0) is 23.5. The van der Waals surface area contributed by atoms with E-state index in [-0.39, 0.29) is 17.9 Å². The smallest absolute Gasteiger partial charge is 0.341 e. The molecule has 0 aliphatic heterocycles. The first kappa shape index (κ1) is 23.0. The number of hydrogen-bond donors (Lipinski definition) is 1. The van der Waals surface area contributed by atoms with Crippen molar-refractivity contribution in [1.29, 1.82) is 0 Å². The maximum absolute atomic E-state index is 13.0. The van der Waals surface area contributed by atoms with Crippen LogP contribution in [0.3, 0.4) is 0 Å². The van der Waals surface area contributed by atoms with Gasteiger partial charge in [0.25, 0.3) is 5.91 Å². The van der Waals surface area contributed by atoms with Gasteiger partial charge in [0.05, 0.1) is 42.0 Å². The molecule has 0 fully saturated rings. The van der Waals surface area contributed by atoms with Crippen molar-refractivity contribution in [2.24, 2.45) is 0 Å². The molecule has 4 aromatic rings. The highest BCUT2D eigenvalue weighted by Gasteiger charge is 2.25. The lowest BCUT2D eigenvalue weighted by Crippen LogP contribution is -2.16. The van der Waals surface area contributed by atoms with Crippen LogP contribution in [-0.2, 0) is 11.3 Å². The molecule has 33 heavy (non-hydrogen) atoms. The maximum atomic E-state index is 13.0. The summed E-state index contributed by atoms with van der Waals surface area (Å²) in [4.78, 5) is 25.8. The van der Waals surface area contributed by atoms with Crippen LogP contribution >= 0.6 is 34.7 Å². The van der Waals surface area contributed by atoms with Crippen LogP contribution in [0.4, 0.5) is 5.00 Å². The van der Waals surface area contributed by atoms with Crippen LogP contribution in [0.25, 0.3) is 11.1 Å². The maximum Gasteiger partial charge on any atom is 0.341 e. The van der Waals surface area contributed by atoms with Crippen molar-refractivity contribution < 1.29 is 14.3 Å². The molecule has 1 N–H and O–H groups in total. The number of hydrogen-bond acceptors (Lipinski definition) is 9. The number of anilines is 1. The SMILES string of the molecule is CCOC(=O)c1c(-c2ccc(Cl)cc2)csc1NC(=O)c1nnn(Cc2nsnc2C)c1C. The largest absolute Gasteiger partial charge is 0.462 e. The number of nitrogens with zero attached hydrogens (tertiary/aromatic N) is 5. The quantitative estimate of drug-likeness (QED) is 0.367. The van der Waals surface area contributed by atoms with Crippen LogP contribution in [0.1, 0.15) is 44.9 Å². The molecule has 0 atom stereocenters. The van der Waals surface area contributed by atoms with Crippen LogP contribution in [0.5, 0.6) is 0 Å². The summed E-state index contributed by atoms with van der Waals surface area (Å²) >= 11 is 8.35. The Morgan fingerprint density at radius 3 is 2.61 bits per heavy atom. The van der Waals surface area contributed by atoms with Crippen LogP contribution in [0.15, 0.2) is 29.6 Å². The van der Waals surface area contributed by atoms with Gasteiger partial charge < -0.3 is 10.1 Å². The third kappa shape index (κ3) is 4.80. The zero-order valence-electron chi connectivity index (χ0n) is 18.0. The summed E-state index contributed by atoms with van der Waals surface area (Å²) < 4.78 is 15.2. The second-order valence-electron chi connectivity index (χ2n) is 7.01. The van der Waals surface area contributed by atoms with E-state index in [4.69, 9.17) is 16.3 Å². The van der Waals surface area contributed by atoms with E-state index in [9.17, 15) is 9.59 Å². The summed E-state index contributed by atoms with van der Waals surface area (Å²) in [7, 11) is 0. The first-order chi connectivity index (χ1) is 15.9. The minimum Gasteiger partial charge on any atom is -0.462 e. The van der Waals surface area contributed by atoms with E-state index in [1.54, 1.807) is 36.0 Å². The molecule has 0 bridgehead atoms. The number of ether oxygens (including phenoxy) is 1.